The maximum absolute atomic E-state index is 10.7. The number of nitrogens with zero attached hydrogens (tertiary/aromatic N) is 2. The van der Waals surface area contributed by atoms with Gasteiger partial charge in [-0.1, -0.05) is 35.2 Å². The van der Waals surface area contributed by atoms with Crippen molar-refractivity contribution in [3.8, 4) is 17.9 Å². The number of carbonyl (C=O) groups is 1. The topological polar surface area (TPSA) is 53.8 Å². The molecule has 1 aromatic heterocycles. The van der Waals surface area contributed by atoms with E-state index in [4.69, 9.17) is 16.9 Å². The van der Waals surface area contributed by atoms with Gasteiger partial charge in [0.05, 0.1) is 11.1 Å². The number of hydrogen-bond donors (Lipinski definition) is 0. The van der Waals surface area contributed by atoms with Gasteiger partial charge in [0.25, 0.3) is 0 Å². The van der Waals surface area contributed by atoms with Gasteiger partial charge in [-0.05, 0) is 6.07 Å². The Kier molecular flexibility index (Phi) is 5.56. The highest BCUT2D eigenvalue weighted by Gasteiger charge is 2.00. The molecule has 0 atom stereocenters. The van der Waals surface area contributed by atoms with Crippen molar-refractivity contribution < 1.29 is 4.79 Å². The molecule has 1 heterocycles. The molecule has 1 rings (SSSR count). The molecule has 0 N–H and O–H groups in total. The minimum absolute atomic E-state index is 0.0815. The zero-order chi connectivity index (χ0) is 12.7. The van der Waals surface area contributed by atoms with Gasteiger partial charge in [0.15, 0.2) is 5.12 Å². The van der Waals surface area contributed by atoms with Crippen LogP contribution in [0.1, 0.15) is 24.5 Å². The summed E-state index contributed by atoms with van der Waals surface area (Å²) in [7, 11) is 0. The fraction of sp³-hybridized carbons (Fsp3) is 0.250. The highest BCUT2D eigenvalue weighted by molar-refractivity contribution is 8.13. The highest BCUT2D eigenvalue weighted by atomic mass is 35.5. The zero-order valence-corrected chi connectivity index (χ0v) is 10.7. The number of carbonyl (C=O) groups excluding carboxylic acids is 1. The van der Waals surface area contributed by atoms with Gasteiger partial charge in [0.2, 0.25) is 0 Å². The average molecular weight is 265 g/mol. The molecule has 0 aromatic carbocycles. The smallest absolute Gasteiger partial charge is 0.185 e. The largest absolute Gasteiger partial charge is 0.288 e. The van der Waals surface area contributed by atoms with E-state index in [1.54, 1.807) is 6.07 Å². The molecule has 0 aliphatic rings. The second kappa shape index (κ2) is 6.96. The minimum atomic E-state index is 0.0815. The van der Waals surface area contributed by atoms with E-state index >= 15 is 0 Å². The summed E-state index contributed by atoms with van der Waals surface area (Å²) < 4.78 is 0. The molecule has 0 aliphatic carbocycles. The van der Waals surface area contributed by atoms with E-state index in [0.717, 1.165) is 0 Å². The van der Waals surface area contributed by atoms with Gasteiger partial charge >= 0.3 is 0 Å². The number of pyridine rings is 1. The lowest BCUT2D eigenvalue weighted by molar-refractivity contribution is -0.109. The van der Waals surface area contributed by atoms with Crippen LogP contribution in [0.15, 0.2) is 12.3 Å². The van der Waals surface area contributed by atoms with Crippen LogP contribution in [0.3, 0.4) is 0 Å². The van der Waals surface area contributed by atoms with Crippen molar-refractivity contribution in [2.24, 2.45) is 0 Å². The molecule has 0 bridgehead atoms. The summed E-state index contributed by atoms with van der Waals surface area (Å²) in [6.45, 7) is 1.52. The van der Waals surface area contributed by atoms with Gasteiger partial charge in [-0.25, -0.2) is 4.98 Å². The van der Waals surface area contributed by atoms with Gasteiger partial charge in [0.1, 0.15) is 11.2 Å². The maximum atomic E-state index is 10.7. The van der Waals surface area contributed by atoms with E-state index < -0.39 is 0 Å². The number of hydrogen-bond acceptors (Lipinski definition) is 4. The van der Waals surface area contributed by atoms with E-state index in [-0.39, 0.29) is 10.3 Å². The van der Waals surface area contributed by atoms with E-state index in [1.807, 2.05) is 6.07 Å². The summed E-state index contributed by atoms with van der Waals surface area (Å²) in [4.78, 5) is 14.5. The molecular weight excluding hydrogens is 256 g/mol. The fourth-order valence-corrected chi connectivity index (χ4v) is 1.64. The first-order valence-electron chi connectivity index (χ1n) is 4.81. The lowest BCUT2D eigenvalue weighted by Crippen LogP contribution is -1.86. The Labute approximate surface area is 109 Å². The van der Waals surface area contributed by atoms with Crippen LogP contribution in [0.25, 0.3) is 0 Å². The molecule has 1 aromatic rings. The van der Waals surface area contributed by atoms with Crippen LogP contribution in [-0.4, -0.2) is 15.9 Å². The minimum Gasteiger partial charge on any atom is -0.288 e. The monoisotopic (exact) mass is 264 g/mol. The van der Waals surface area contributed by atoms with Crippen LogP contribution < -0.4 is 0 Å². The Morgan fingerprint density at radius 2 is 2.41 bits per heavy atom. The molecule has 0 spiro atoms. The van der Waals surface area contributed by atoms with E-state index in [2.05, 4.69) is 16.8 Å². The Bertz CT molecular complexity index is 526. The molecule has 17 heavy (non-hydrogen) atoms. The number of rotatable bonds is 2. The Hall–Kier alpha value is -1.49. The standard InChI is InChI=1S/C12H9ClN2OS/c1-9(16)17-5-3-2-4-11-6-10(7-14)8-15-12(11)13/h6,8H,3,5H2,1H3. The van der Waals surface area contributed by atoms with Crippen LogP contribution in [0, 0.1) is 23.2 Å². The number of halogens is 1. The number of nitriles is 1. The lowest BCUT2D eigenvalue weighted by atomic mass is 10.2. The zero-order valence-electron chi connectivity index (χ0n) is 9.16. The first-order valence-corrected chi connectivity index (χ1v) is 6.17. The van der Waals surface area contributed by atoms with Crippen molar-refractivity contribution in [2.45, 2.75) is 13.3 Å². The Morgan fingerprint density at radius 3 is 3.06 bits per heavy atom. The van der Waals surface area contributed by atoms with Crippen molar-refractivity contribution in [1.29, 1.82) is 5.26 Å². The summed E-state index contributed by atoms with van der Waals surface area (Å²) in [6.07, 6.45) is 2.00. The van der Waals surface area contributed by atoms with E-state index in [1.165, 1.54) is 24.9 Å². The van der Waals surface area contributed by atoms with Gasteiger partial charge in [-0.2, -0.15) is 5.26 Å². The summed E-state index contributed by atoms with van der Waals surface area (Å²) in [6, 6.07) is 3.57. The van der Waals surface area contributed by atoms with Crippen LogP contribution in [-0.2, 0) is 4.79 Å². The van der Waals surface area contributed by atoms with Gasteiger partial charge in [-0.3, -0.25) is 4.79 Å². The normalized spacial score (nSPS) is 9.00. The van der Waals surface area contributed by atoms with Crippen LogP contribution in [0.2, 0.25) is 5.15 Å². The summed E-state index contributed by atoms with van der Waals surface area (Å²) in [5.74, 6) is 6.39. The van der Waals surface area contributed by atoms with Crippen LogP contribution in [0.4, 0.5) is 0 Å². The predicted octanol–water partition coefficient (Wildman–Crippen LogP) is 2.63. The second-order valence-corrected chi connectivity index (χ2v) is 4.70. The summed E-state index contributed by atoms with van der Waals surface area (Å²) >= 11 is 7.07. The molecule has 0 aliphatic heterocycles. The van der Waals surface area contributed by atoms with Crippen LogP contribution in [0.5, 0.6) is 0 Å². The summed E-state index contributed by atoms with van der Waals surface area (Å²) in [5, 5.41) is 9.07. The maximum Gasteiger partial charge on any atom is 0.185 e. The third kappa shape index (κ3) is 4.91. The van der Waals surface area contributed by atoms with Crippen LogP contribution >= 0.6 is 23.4 Å². The molecule has 0 saturated heterocycles. The predicted molar refractivity (Wildman–Crippen MR) is 68.6 cm³/mol. The SMILES string of the molecule is CC(=O)SCCC#Cc1cc(C#N)cnc1Cl. The van der Waals surface area contributed by atoms with Gasteiger partial charge in [-0.15, -0.1) is 0 Å². The molecule has 0 unspecified atom stereocenters. The quantitative estimate of drug-likeness (QED) is 0.468. The van der Waals surface area contributed by atoms with E-state index in [9.17, 15) is 4.79 Å². The van der Waals surface area contributed by atoms with Gasteiger partial charge in [0, 0.05) is 25.3 Å². The van der Waals surface area contributed by atoms with Crippen molar-refractivity contribution in [3.63, 3.8) is 0 Å². The van der Waals surface area contributed by atoms with Crippen molar-refractivity contribution in [3.05, 3.63) is 28.5 Å². The van der Waals surface area contributed by atoms with Crippen molar-refractivity contribution in [1.82, 2.24) is 4.98 Å². The van der Waals surface area contributed by atoms with E-state index in [0.29, 0.717) is 23.3 Å². The number of thioether (sulfide) groups is 1. The molecule has 5 heteroatoms. The lowest BCUT2D eigenvalue weighted by Gasteiger charge is -1.94. The van der Waals surface area contributed by atoms with Crippen molar-refractivity contribution >= 4 is 28.5 Å². The molecular formula is C12H9ClN2OS. The van der Waals surface area contributed by atoms with Gasteiger partial charge < -0.3 is 0 Å². The third-order valence-corrected chi connectivity index (χ3v) is 2.84. The third-order valence-electron chi connectivity index (χ3n) is 1.72. The fourth-order valence-electron chi connectivity index (χ4n) is 1.00. The molecule has 0 radical (unpaired) electrons. The second-order valence-electron chi connectivity index (χ2n) is 3.07. The Morgan fingerprint density at radius 1 is 1.65 bits per heavy atom. The van der Waals surface area contributed by atoms with Crippen molar-refractivity contribution in [2.75, 3.05) is 5.75 Å². The molecule has 0 amide bonds. The summed E-state index contributed by atoms with van der Waals surface area (Å²) in [5.41, 5.74) is 0.968. The molecule has 86 valence electrons. The first kappa shape index (κ1) is 13.6. The first-order chi connectivity index (χ1) is 8.13. The molecule has 3 nitrogen and oxygen atoms in total. The Balaban J connectivity index is 2.65. The molecule has 0 fully saturated rings. The molecule has 0 saturated carbocycles. The highest BCUT2D eigenvalue weighted by Crippen LogP contribution is 2.12. The number of aromatic nitrogens is 1. The average Bonchev–Trinajstić information content (AvgIpc) is 2.30.